The Morgan fingerprint density at radius 2 is 1.02 bits per heavy atom. The fourth-order valence-electron chi connectivity index (χ4n) is 8.77. The number of hydrogen-bond acceptors (Lipinski definition) is 2. The van der Waals surface area contributed by atoms with E-state index in [9.17, 15) is 0 Å². The first-order chi connectivity index (χ1) is 28.2. The molecule has 0 N–H and O–H groups in total. The van der Waals surface area contributed by atoms with Gasteiger partial charge in [-0.1, -0.05) is 146 Å². The summed E-state index contributed by atoms with van der Waals surface area (Å²) < 4.78 is 4.80. The van der Waals surface area contributed by atoms with E-state index in [1.165, 1.54) is 71.6 Å². The molecule has 1 aliphatic rings. The van der Waals surface area contributed by atoms with Crippen molar-refractivity contribution in [2.45, 2.75) is 12.7 Å². The van der Waals surface area contributed by atoms with Crippen molar-refractivity contribution >= 4 is 49.4 Å². The van der Waals surface area contributed by atoms with Crippen LogP contribution in [-0.4, -0.2) is 32.0 Å². The molecule has 5 nitrogen and oxygen atoms in total. The molecule has 5 heteroatoms. The molecule has 0 saturated carbocycles. The molecular weight excluding hydrogens is 695 g/mol. The Hall–Kier alpha value is -7.21. The average Bonchev–Trinajstić information content (AvgIpc) is 3.65. The van der Waals surface area contributed by atoms with Crippen molar-refractivity contribution in [2.24, 2.45) is 4.99 Å². The molecule has 1 saturated heterocycles. The highest BCUT2D eigenvalue weighted by Crippen LogP contribution is 2.42. The van der Waals surface area contributed by atoms with Crippen molar-refractivity contribution in [2.75, 3.05) is 7.05 Å². The van der Waals surface area contributed by atoms with Crippen LogP contribution in [0.2, 0.25) is 0 Å². The van der Waals surface area contributed by atoms with Crippen LogP contribution in [0.3, 0.4) is 0 Å². The van der Waals surface area contributed by atoms with Gasteiger partial charge in [0, 0.05) is 45.5 Å². The number of benzene rings is 8. The first kappa shape index (κ1) is 33.2. The van der Waals surface area contributed by atoms with Crippen LogP contribution in [0, 0.1) is 0 Å². The molecule has 2 unspecified atom stereocenters. The molecule has 1 aliphatic heterocycles. The Labute approximate surface area is 331 Å². The molecule has 2 atom stereocenters. The Balaban J connectivity index is 1.05. The normalized spacial score (nSPS) is 15.6. The van der Waals surface area contributed by atoms with Gasteiger partial charge >= 0.3 is 0 Å². The molecular formula is C52H39N5. The van der Waals surface area contributed by atoms with Crippen LogP contribution in [-0.2, 0) is 6.54 Å². The molecule has 0 radical (unpaired) electrons. The molecule has 2 aromatic heterocycles. The third kappa shape index (κ3) is 5.63. The molecule has 272 valence electrons. The van der Waals surface area contributed by atoms with Crippen LogP contribution >= 0.6 is 0 Å². The highest BCUT2D eigenvalue weighted by Gasteiger charge is 2.46. The SMILES string of the molecule is CN1C(c2ccccc2)N1/C(=N\Cc1ccccc1)c1cccc(-n2c3ccccc3c3ccc(-c4ccc5c(c4)c4ccccc4n5-c4ccccc4)cc32)c1. The lowest BCUT2D eigenvalue weighted by Crippen LogP contribution is -2.17. The zero-order valence-corrected chi connectivity index (χ0v) is 31.6. The maximum absolute atomic E-state index is 5.31. The zero-order chi connectivity index (χ0) is 37.9. The minimum Gasteiger partial charge on any atom is -0.309 e. The Bertz CT molecular complexity index is 3120. The van der Waals surface area contributed by atoms with Crippen molar-refractivity contribution in [3.63, 3.8) is 0 Å². The third-order valence-corrected chi connectivity index (χ3v) is 11.5. The van der Waals surface area contributed by atoms with Gasteiger partial charge in [-0.3, -0.25) is 10.0 Å². The zero-order valence-electron chi connectivity index (χ0n) is 31.6. The molecule has 3 heterocycles. The lowest BCUT2D eigenvalue weighted by Gasteiger charge is -2.14. The van der Waals surface area contributed by atoms with E-state index < -0.39 is 0 Å². The number of hydrogen-bond donors (Lipinski definition) is 0. The summed E-state index contributed by atoms with van der Waals surface area (Å²) in [4.78, 5) is 5.31. The van der Waals surface area contributed by atoms with E-state index in [0.29, 0.717) is 6.54 Å². The van der Waals surface area contributed by atoms with E-state index in [4.69, 9.17) is 4.99 Å². The van der Waals surface area contributed by atoms with E-state index in [1.54, 1.807) is 0 Å². The summed E-state index contributed by atoms with van der Waals surface area (Å²) >= 11 is 0. The number of aliphatic imine (C=N–C) groups is 1. The predicted molar refractivity (Wildman–Crippen MR) is 236 cm³/mol. The van der Waals surface area contributed by atoms with Crippen molar-refractivity contribution in [1.82, 2.24) is 19.2 Å². The maximum atomic E-state index is 5.31. The van der Waals surface area contributed by atoms with Crippen LogP contribution in [0.25, 0.3) is 66.1 Å². The topological polar surface area (TPSA) is 28.2 Å². The number of amidine groups is 1. The van der Waals surface area contributed by atoms with E-state index in [-0.39, 0.29) is 6.17 Å². The molecule has 0 amide bonds. The highest BCUT2D eigenvalue weighted by atomic mass is 15.9. The van der Waals surface area contributed by atoms with Crippen molar-refractivity contribution in [1.29, 1.82) is 0 Å². The third-order valence-electron chi connectivity index (χ3n) is 11.5. The number of aromatic nitrogens is 2. The first-order valence-corrected chi connectivity index (χ1v) is 19.6. The molecule has 10 aromatic rings. The standard InChI is InChI=1S/C52H39N5/c1-54-52(37-18-7-3-8-19-37)57(54)51(53-35-36-16-5-2-6-17-36)40-20-15-23-42(32-40)56-47-26-13-11-24-43(47)45-30-28-39(34-50(45)56)38-29-31-49-46(33-38)44-25-12-14-27-48(44)55(49)41-21-9-4-10-22-41/h2-34,52H,35H2,1H3/b53-51-. The fraction of sp³-hybridized carbons (Fsp3) is 0.0577. The smallest absolute Gasteiger partial charge is 0.147 e. The molecule has 0 spiro atoms. The van der Waals surface area contributed by atoms with Crippen LogP contribution in [0.5, 0.6) is 0 Å². The Morgan fingerprint density at radius 3 is 1.77 bits per heavy atom. The van der Waals surface area contributed by atoms with Gasteiger partial charge in [0.1, 0.15) is 12.0 Å². The number of hydrazine groups is 1. The minimum absolute atomic E-state index is 0.124. The van der Waals surface area contributed by atoms with E-state index in [0.717, 1.165) is 17.1 Å². The molecule has 1 fully saturated rings. The van der Waals surface area contributed by atoms with Gasteiger partial charge in [-0.2, -0.15) is 5.01 Å². The summed E-state index contributed by atoms with van der Waals surface area (Å²) in [6.07, 6.45) is 0.124. The van der Waals surface area contributed by atoms with E-state index in [1.807, 2.05) is 0 Å². The predicted octanol–water partition coefficient (Wildman–Crippen LogP) is 12.4. The van der Waals surface area contributed by atoms with Gasteiger partial charge in [0.05, 0.1) is 28.6 Å². The second-order valence-corrected chi connectivity index (χ2v) is 14.9. The largest absolute Gasteiger partial charge is 0.309 e. The molecule has 11 rings (SSSR count). The van der Waals surface area contributed by atoms with Crippen molar-refractivity contribution < 1.29 is 0 Å². The van der Waals surface area contributed by atoms with Crippen LogP contribution in [0.4, 0.5) is 0 Å². The fourth-order valence-corrected chi connectivity index (χ4v) is 8.77. The van der Waals surface area contributed by atoms with Crippen molar-refractivity contribution in [3.05, 3.63) is 217 Å². The van der Waals surface area contributed by atoms with E-state index in [2.05, 4.69) is 226 Å². The number of nitrogens with zero attached hydrogens (tertiary/aromatic N) is 5. The second kappa shape index (κ2) is 13.5. The van der Waals surface area contributed by atoms with Gasteiger partial charge in [-0.05, 0) is 76.9 Å². The van der Waals surface area contributed by atoms with Crippen LogP contribution in [0.15, 0.2) is 205 Å². The van der Waals surface area contributed by atoms with Crippen molar-refractivity contribution in [3.8, 4) is 22.5 Å². The monoisotopic (exact) mass is 733 g/mol. The lowest BCUT2D eigenvalue weighted by atomic mass is 10.0. The number of fused-ring (bicyclic) bond motifs is 6. The highest BCUT2D eigenvalue weighted by molar-refractivity contribution is 6.12. The first-order valence-electron chi connectivity index (χ1n) is 19.6. The van der Waals surface area contributed by atoms with Gasteiger partial charge < -0.3 is 9.13 Å². The summed E-state index contributed by atoms with van der Waals surface area (Å²) in [5.41, 5.74) is 12.9. The average molecular weight is 734 g/mol. The number of rotatable bonds is 7. The summed E-state index contributed by atoms with van der Waals surface area (Å²) in [6, 6.07) is 72.1. The number of para-hydroxylation sites is 3. The molecule has 57 heavy (non-hydrogen) atoms. The molecule has 8 aromatic carbocycles. The maximum Gasteiger partial charge on any atom is 0.147 e. The quantitative estimate of drug-likeness (QED) is 0.0927. The summed E-state index contributed by atoms with van der Waals surface area (Å²) in [5, 5.41) is 9.55. The van der Waals surface area contributed by atoms with Gasteiger partial charge in [-0.15, -0.1) is 0 Å². The minimum atomic E-state index is 0.124. The van der Waals surface area contributed by atoms with Crippen LogP contribution < -0.4 is 0 Å². The second-order valence-electron chi connectivity index (χ2n) is 14.9. The summed E-state index contributed by atoms with van der Waals surface area (Å²) in [5.74, 6) is 0.960. The molecule has 0 aliphatic carbocycles. The Kier molecular flexibility index (Phi) is 7.86. The van der Waals surface area contributed by atoms with E-state index >= 15 is 0 Å². The van der Waals surface area contributed by atoms with Gasteiger partial charge in [0.15, 0.2) is 0 Å². The molecule has 0 bridgehead atoms. The van der Waals surface area contributed by atoms with Gasteiger partial charge in [0.2, 0.25) is 0 Å². The van der Waals surface area contributed by atoms with Crippen LogP contribution in [0.1, 0.15) is 22.9 Å². The lowest BCUT2D eigenvalue weighted by molar-refractivity contribution is 0.478. The van der Waals surface area contributed by atoms with Gasteiger partial charge in [0.25, 0.3) is 0 Å². The van der Waals surface area contributed by atoms with Gasteiger partial charge in [-0.25, -0.2) is 0 Å². The Morgan fingerprint density at radius 1 is 0.456 bits per heavy atom. The summed E-state index contributed by atoms with van der Waals surface area (Å²) in [7, 11) is 2.14. The summed E-state index contributed by atoms with van der Waals surface area (Å²) in [6.45, 7) is 0.597.